The van der Waals surface area contributed by atoms with Crippen LogP contribution >= 0.6 is 11.3 Å². The Hall–Kier alpha value is -2.62. The Morgan fingerprint density at radius 3 is 2.54 bits per heavy atom. The van der Waals surface area contributed by atoms with Gasteiger partial charge in [0.1, 0.15) is 5.01 Å². The summed E-state index contributed by atoms with van der Waals surface area (Å²) in [4.78, 5) is 16.8. The van der Waals surface area contributed by atoms with Crippen molar-refractivity contribution in [3.05, 3.63) is 59.1 Å². The highest BCUT2D eigenvalue weighted by atomic mass is 32.2. The van der Waals surface area contributed by atoms with Crippen molar-refractivity contribution >= 4 is 43.2 Å². The topological polar surface area (TPSA) is 91.7 Å². The molecular weight excluding hydrogens is 396 g/mol. The number of para-hydroxylation sites is 1. The van der Waals surface area contributed by atoms with Crippen molar-refractivity contribution in [2.24, 2.45) is 5.10 Å². The number of carbonyl (C=O) groups is 1. The summed E-state index contributed by atoms with van der Waals surface area (Å²) in [6, 6.07) is 14.2. The van der Waals surface area contributed by atoms with Crippen LogP contribution in [0.4, 0.5) is 0 Å². The van der Waals surface area contributed by atoms with Gasteiger partial charge in [0, 0.05) is 7.05 Å². The Balaban J connectivity index is 1.65. The summed E-state index contributed by atoms with van der Waals surface area (Å²) in [5.74, 6) is -0.529. The average molecular weight is 417 g/mol. The third-order valence-electron chi connectivity index (χ3n) is 4.05. The number of rotatable bonds is 6. The van der Waals surface area contributed by atoms with Crippen LogP contribution in [0.2, 0.25) is 0 Å². The number of hydrogen-bond acceptors (Lipinski definition) is 6. The lowest BCUT2D eigenvalue weighted by Gasteiger charge is -2.16. The molecule has 1 heterocycles. The number of sulfonamides is 1. The zero-order valence-electron chi connectivity index (χ0n) is 15.7. The van der Waals surface area contributed by atoms with E-state index >= 15 is 0 Å². The molecule has 0 fully saturated rings. The third kappa shape index (κ3) is 4.44. The second-order valence-electron chi connectivity index (χ2n) is 6.29. The normalized spacial score (nSPS) is 12.5. The second-order valence-corrected chi connectivity index (χ2v) is 9.37. The highest BCUT2D eigenvalue weighted by molar-refractivity contribution is 7.89. The molecule has 146 valence electrons. The fourth-order valence-corrected chi connectivity index (χ4v) is 4.47. The predicted molar refractivity (Wildman–Crippen MR) is 111 cm³/mol. The molecule has 0 radical (unpaired) electrons. The standard InChI is InChI=1S/C19H20N4O3S2/c1-13-8-10-15(11-9-13)28(25,26)23(3)12-18(24)22-21-14(2)19-20-16-6-4-5-7-17(16)27-19/h4-11H,12H2,1-3H3,(H,22,24)/b21-14-. The summed E-state index contributed by atoms with van der Waals surface area (Å²) in [6.45, 7) is 3.27. The summed E-state index contributed by atoms with van der Waals surface area (Å²) in [5, 5.41) is 4.75. The smallest absolute Gasteiger partial charge is 0.255 e. The van der Waals surface area contributed by atoms with Gasteiger partial charge < -0.3 is 0 Å². The Labute approximate surface area is 167 Å². The molecule has 1 N–H and O–H groups in total. The van der Waals surface area contributed by atoms with Crippen LogP contribution in [0, 0.1) is 6.92 Å². The first-order chi connectivity index (χ1) is 13.3. The van der Waals surface area contributed by atoms with Crippen molar-refractivity contribution < 1.29 is 13.2 Å². The van der Waals surface area contributed by atoms with Gasteiger partial charge in [-0.15, -0.1) is 11.3 Å². The molecule has 0 unspecified atom stereocenters. The van der Waals surface area contributed by atoms with Crippen LogP contribution in [-0.4, -0.2) is 42.9 Å². The lowest BCUT2D eigenvalue weighted by atomic mass is 10.2. The van der Waals surface area contributed by atoms with Gasteiger partial charge in [0.05, 0.1) is 27.4 Å². The molecular formula is C19H20N4O3S2. The van der Waals surface area contributed by atoms with Gasteiger partial charge in [-0.2, -0.15) is 9.41 Å². The first-order valence-corrected chi connectivity index (χ1v) is 10.7. The first-order valence-electron chi connectivity index (χ1n) is 8.49. The van der Waals surface area contributed by atoms with Gasteiger partial charge in [-0.1, -0.05) is 29.8 Å². The number of hydrogen-bond donors (Lipinski definition) is 1. The molecule has 0 aliphatic rings. The van der Waals surface area contributed by atoms with Crippen LogP contribution in [0.5, 0.6) is 0 Å². The maximum atomic E-state index is 12.5. The molecule has 3 rings (SSSR count). The molecule has 28 heavy (non-hydrogen) atoms. The quantitative estimate of drug-likeness (QED) is 0.494. The number of aryl methyl sites for hydroxylation is 1. The number of nitrogens with one attached hydrogen (secondary N) is 1. The molecule has 0 aliphatic heterocycles. The molecule has 1 amide bonds. The van der Waals surface area contributed by atoms with Crippen LogP contribution in [-0.2, 0) is 14.8 Å². The summed E-state index contributed by atoms with van der Waals surface area (Å²) in [6.07, 6.45) is 0. The molecule has 1 aromatic heterocycles. The second kappa shape index (κ2) is 8.17. The number of nitrogens with zero attached hydrogens (tertiary/aromatic N) is 3. The number of aromatic nitrogens is 1. The maximum Gasteiger partial charge on any atom is 0.255 e. The number of likely N-dealkylation sites (N-methyl/N-ethyl adjacent to an activating group) is 1. The summed E-state index contributed by atoms with van der Waals surface area (Å²) >= 11 is 1.47. The predicted octanol–water partition coefficient (Wildman–Crippen LogP) is 2.77. The minimum atomic E-state index is -3.75. The number of hydrazone groups is 1. The highest BCUT2D eigenvalue weighted by Crippen LogP contribution is 2.21. The maximum absolute atomic E-state index is 12.5. The van der Waals surface area contributed by atoms with E-state index < -0.39 is 15.9 Å². The number of benzene rings is 2. The summed E-state index contributed by atoms with van der Waals surface area (Å²) in [7, 11) is -2.39. The first kappa shape index (κ1) is 20.1. The van der Waals surface area contributed by atoms with Crippen molar-refractivity contribution in [1.29, 1.82) is 0 Å². The highest BCUT2D eigenvalue weighted by Gasteiger charge is 2.22. The van der Waals surface area contributed by atoms with E-state index in [1.165, 1.54) is 30.5 Å². The van der Waals surface area contributed by atoms with Crippen LogP contribution in [0.25, 0.3) is 10.2 Å². The SMILES string of the molecule is C/C(=N/NC(=O)CN(C)S(=O)(=O)c1ccc(C)cc1)c1nc2ccccc2s1. The fourth-order valence-electron chi connectivity index (χ4n) is 2.43. The fraction of sp³-hybridized carbons (Fsp3) is 0.211. The van der Waals surface area contributed by atoms with E-state index in [9.17, 15) is 13.2 Å². The molecule has 0 saturated heterocycles. The van der Waals surface area contributed by atoms with E-state index in [2.05, 4.69) is 15.5 Å². The van der Waals surface area contributed by atoms with Gasteiger partial charge in [-0.3, -0.25) is 4.79 Å². The summed E-state index contributed by atoms with van der Waals surface area (Å²) in [5.41, 5.74) is 4.78. The largest absolute Gasteiger partial charge is 0.272 e. The number of carbonyl (C=O) groups excluding carboxylic acids is 1. The molecule has 0 saturated carbocycles. The Morgan fingerprint density at radius 1 is 1.18 bits per heavy atom. The van der Waals surface area contributed by atoms with Crippen molar-refractivity contribution in [1.82, 2.24) is 14.7 Å². The Bertz CT molecular complexity index is 1100. The van der Waals surface area contributed by atoms with Gasteiger partial charge in [0.25, 0.3) is 5.91 Å². The van der Waals surface area contributed by atoms with E-state index in [1.807, 2.05) is 31.2 Å². The van der Waals surface area contributed by atoms with Crippen LogP contribution in [0.15, 0.2) is 58.5 Å². The monoisotopic (exact) mass is 416 g/mol. The van der Waals surface area contributed by atoms with Crippen molar-refractivity contribution in [3.8, 4) is 0 Å². The molecule has 3 aromatic rings. The van der Waals surface area contributed by atoms with E-state index in [1.54, 1.807) is 19.1 Å². The molecule has 7 nitrogen and oxygen atoms in total. The Morgan fingerprint density at radius 2 is 1.86 bits per heavy atom. The molecule has 0 spiro atoms. The van der Waals surface area contributed by atoms with Crippen molar-refractivity contribution in [2.45, 2.75) is 18.7 Å². The lowest BCUT2D eigenvalue weighted by molar-refractivity contribution is -0.121. The number of thiazole rings is 1. The van der Waals surface area contributed by atoms with Gasteiger partial charge in [0.2, 0.25) is 10.0 Å². The van der Waals surface area contributed by atoms with Gasteiger partial charge in [0.15, 0.2) is 0 Å². The molecule has 2 aromatic carbocycles. The third-order valence-corrected chi connectivity index (χ3v) is 7.01. The van der Waals surface area contributed by atoms with Crippen LogP contribution in [0.1, 0.15) is 17.5 Å². The molecule has 9 heteroatoms. The van der Waals surface area contributed by atoms with E-state index in [-0.39, 0.29) is 11.4 Å². The van der Waals surface area contributed by atoms with E-state index in [4.69, 9.17) is 0 Å². The van der Waals surface area contributed by atoms with Gasteiger partial charge >= 0.3 is 0 Å². The molecule has 0 bridgehead atoms. The number of amides is 1. The average Bonchev–Trinajstić information content (AvgIpc) is 3.10. The van der Waals surface area contributed by atoms with Gasteiger partial charge in [-0.25, -0.2) is 18.8 Å². The van der Waals surface area contributed by atoms with E-state index in [0.29, 0.717) is 10.7 Å². The zero-order valence-corrected chi connectivity index (χ0v) is 17.3. The van der Waals surface area contributed by atoms with Crippen LogP contribution in [0.3, 0.4) is 0 Å². The number of fused-ring (bicyclic) bond motifs is 1. The van der Waals surface area contributed by atoms with Crippen molar-refractivity contribution in [3.63, 3.8) is 0 Å². The molecule has 0 aliphatic carbocycles. The summed E-state index contributed by atoms with van der Waals surface area (Å²) < 4.78 is 27.1. The lowest BCUT2D eigenvalue weighted by Crippen LogP contribution is -2.36. The molecule has 0 atom stereocenters. The minimum absolute atomic E-state index is 0.141. The van der Waals surface area contributed by atoms with Crippen molar-refractivity contribution in [2.75, 3.05) is 13.6 Å². The zero-order chi connectivity index (χ0) is 20.3. The minimum Gasteiger partial charge on any atom is -0.272 e. The van der Waals surface area contributed by atoms with Crippen LogP contribution < -0.4 is 5.43 Å². The Kier molecular flexibility index (Phi) is 5.87. The van der Waals surface area contributed by atoms with Gasteiger partial charge in [-0.05, 0) is 38.1 Å². The van der Waals surface area contributed by atoms with E-state index in [0.717, 1.165) is 20.1 Å².